The molecule has 0 N–H and O–H groups in total. The summed E-state index contributed by atoms with van der Waals surface area (Å²) in [5.74, 6) is 4.34. The first-order valence-electron chi connectivity index (χ1n) is 6.25. The Morgan fingerprint density at radius 3 is 2.15 bits per heavy atom. The van der Waals surface area contributed by atoms with Crippen LogP contribution in [0.2, 0.25) is 0 Å². The Balaban J connectivity index is 1.68. The molecular formula is C13H24. The van der Waals surface area contributed by atoms with Crippen molar-refractivity contribution in [3.8, 4) is 0 Å². The fraction of sp³-hybridized carbons (Fsp3) is 1.00. The van der Waals surface area contributed by atoms with Crippen molar-refractivity contribution in [2.24, 2.45) is 23.7 Å². The molecule has 0 amide bonds. The van der Waals surface area contributed by atoms with Crippen LogP contribution in [0.5, 0.6) is 0 Å². The third-order valence-electron chi connectivity index (χ3n) is 3.74. The molecule has 13 heavy (non-hydrogen) atoms. The largest absolute Gasteiger partial charge is 0.0628 e. The van der Waals surface area contributed by atoms with E-state index in [1.807, 2.05) is 0 Å². The van der Waals surface area contributed by atoms with Crippen LogP contribution in [0.1, 0.15) is 58.8 Å². The Morgan fingerprint density at radius 1 is 1.00 bits per heavy atom. The van der Waals surface area contributed by atoms with E-state index >= 15 is 0 Å². The molecule has 0 aromatic carbocycles. The maximum atomic E-state index is 2.36. The van der Waals surface area contributed by atoms with Gasteiger partial charge in [-0.05, 0) is 49.4 Å². The lowest BCUT2D eigenvalue weighted by atomic mass is 9.89. The van der Waals surface area contributed by atoms with Gasteiger partial charge in [-0.2, -0.15) is 0 Å². The highest BCUT2D eigenvalue weighted by Crippen LogP contribution is 2.46. The molecule has 0 aromatic rings. The molecule has 0 heterocycles. The minimum absolute atomic E-state index is 0.917. The van der Waals surface area contributed by atoms with Gasteiger partial charge in [0.15, 0.2) is 0 Å². The third-order valence-corrected chi connectivity index (χ3v) is 3.74. The van der Waals surface area contributed by atoms with Crippen molar-refractivity contribution >= 4 is 0 Å². The summed E-state index contributed by atoms with van der Waals surface area (Å²) in [6.07, 6.45) is 10.8. The van der Waals surface area contributed by atoms with Crippen molar-refractivity contribution in [2.45, 2.75) is 58.8 Å². The van der Waals surface area contributed by atoms with Gasteiger partial charge in [-0.1, -0.05) is 33.1 Å². The summed E-state index contributed by atoms with van der Waals surface area (Å²) in [4.78, 5) is 0. The predicted molar refractivity (Wildman–Crippen MR) is 57.6 cm³/mol. The normalized spacial score (nSPS) is 25.2. The third kappa shape index (κ3) is 3.32. The molecule has 2 aliphatic carbocycles. The first-order valence-corrected chi connectivity index (χ1v) is 6.25. The first-order chi connectivity index (χ1) is 6.25. The molecule has 0 nitrogen and oxygen atoms in total. The molecule has 0 radical (unpaired) electrons. The molecule has 0 heteroatoms. The average molecular weight is 180 g/mol. The Bertz CT molecular complexity index is 151. The molecular weight excluding hydrogens is 156 g/mol. The van der Waals surface area contributed by atoms with Crippen LogP contribution >= 0.6 is 0 Å². The SMILES string of the molecule is CC(C)CCC(CC1CC1)C1CC1. The van der Waals surface area contributed by atoms with E-state index < -0.39 is 0 Å². The highest BCUT2D eigenvalue weighted by Gasteiger charge is 2.35. The summed E-state index contributed by atoms with van der Waals surface area (Å²) in [6, 6.07) is 0. The van der Waals surface area contributed by atoms with Crippen LogP contribution in [-0.2, 0) is 0 Å². The summed E-state index contributed by atoms with van der Waals surface area (Å²) >= 11 is 0. The molecule has 2 rings (SSSR count). The second kappa shape index (κ2) is 4.02. The van der Waals surface area contributed by atoms with Gasteiger partial charge in [-0.3, -0.25) is 0 Å². The van der Waals surface area contributed by atoms with Crippen molar-refractivity contribution in [2.75, 3.05) is 0 Å². The fourth-order valence-electron chi connectivity index (χ4n) is 2.44. The van der Waals surface area contributed by atoms with E-state index in [0.29, 0.717) is 0 Å². The van der Waals surface area contributed by atoms with Crippen LogP contribution in [0.15, 0.2) is 0 Å². The minimum atomic E-state index is 0.917. The topological polar surface area (TPSA) is 0 Å². The maximum absolute atomic E-state index is 2.36. The van der Waals surface area contributed by atoms with Gasteiger partial charge in [0.1, 0.15) is 0 Å². The number of hydrogen-bond donors (Lipinski definition) is 0. The predicted octanol–water partition coefficient (Wildman–Crippen LogP) is 4.25. The molecule has 0 bridgehead atoms. The highest BCUT2D eigenvalue weighted by atomic mass is 14.4. The zero-order valence-corrected chi connectivity index (χ0v) is 9.26. The summed E-state index contributed by atoms with van der Waals surface area (Å²) in [5, 5.41) is 0. The van der Waals surface area contributed by atoms with E-state index in [0.717, 1.165) is 23.7 Å². The van der Waals surface area contributed by atoms with Crippen molar-refractivity contribution in [3.05, 3.63) is 0 Å². The molecule has 2 saturated carbocycles. The van der Waals surface area contributed by atoms with Gasteiger partial charge < -0.3 is 0 Å². The quantitative estimate of drug-likeness (QED) is 0.573. The second-order valence-electron chi connectivity index (χ2n) is 5.75. The molecule has 0 spiro atoms. The molecule has 0 saturated heterocycles. The van der Waals surface area contributed by atoms with Crippen LogP contribution in [0.25, 0.3) is 0 Å². The van der Waals surface area contributed by atoms with Crippen molar-refractivity contribution in [1.29, 1.82) is 0 Å². The number of rotatable bonds is 6. The van der Waals surface area contributed by atoms with E-state index in [-0.39, 0.29) is 0 Å². The lowest BCUT2D eigenvalue weighted by Gasteiger charge is -2.16. The van der Waals surface area contributed by atoms with Crippen LogP contribution < -0.4 is 0 Å². The molecule has 1 unspecified atom stereocenters. The molecule has 0 aliphatic heterocycles. The average Bonchev–Trinajstić information content (AvgIpc) is 2.88. The molecule has 2 fully saturated rings. The van der Waals surface area contributed by atoms with E-state index in [4.69, 9.17) is 0 Å². The molecule has 76 valence electrons. The van der Waals surface area contributed by atoms with Gasteiger partial charge in [0.05, 0.1) is 0 Å². The van der Waals surface area contributed by atoms with Crippen molar-refractivity contribution in [1.82, 2.24) is 0 Å². The molecule has 2 aliphatic rings. The smallest absolute Gasteiger partial charge is 0.0383 e. The maximum Gasteiger partial charge on any atom is -0.0383 e. The van der Waals surface area contributed by atoms with Crippen LogP contribution in [0.3, 0.4) is 0 Å². The summed E-state index contributed by atoms with van der Waals surface area (Å²) in [6.45, 7) is 4.72. The first kappa shape index (κ1) is 9.55. The Morgan fingerprint density at radius 2 is 1.69 bits per heavy atom. The summed E-state index contributed by atoms with van der Waals surface area (Å²) in [7, 11) is 0. The van der Waals surface area contributed by atoms with Gasteiger partial charge in [-0.25, -0.2) is 0 Å². The van der Waals surface area contributed by atoms with Gasteiger partial charge in [0, 0.05) is 0 Å². The van der Waals surface area contributed by atoms with Gasteiger partial charge in [-0.15, -0.1) is 0 Å². The fourth-order valence-corrected chi connectivity index (χ4v) is 2.44. The van der Waals surface area contributed by atoms with E-state index in [1.165, 1.54) is 12.8 Å². The van der Waals surface area contributed by atoms with E-state index in [1.54, 1.807) is 32.1 Å². The van der Waals surface area contributed by atoms with E-state index in [2.05, 4.69) is 13.8 Å². The highest BCUT2D eigenvalue weighted by molar-refractivity contribution is 4.86. The molecule has 1 atom stereocenters. The Kier molecular flexibility index (Phi) is 2.96. The lowest BCUT2D eigenvalue weighted by Crippen LogP contribution is -2.05. The molecule has 0 aromatic heterocycles. The minimum Gasteiger partial charge on any atom is -0.0628 e. The van der Waals surface area contributed by atoms with E-state index in [9.17, 15) is 0 Å². The lowest BCUT2D eigenvalue weighted by molar-refractivity contribution is 0.346. The monoisotopic (exact) mass is 180 g/mol. The zero-order valence-electron chi connectivity index (χ0n) is 9.26. The Hall–Kier alpha value is 0. The van der Waals surface area contributed by atoms with Crippen LogP contribution in [0.4, 0.5) is 0 Å². The van der Waals surface area contributed by atoms with Crippen molar-refractivity contribution in [3.63, 3.8) is 0 Å². The summed E-state index contributed by atoms with van der Waals surface area (Å²) in [5.41, 5.74) is 0. The Labute approximate surface area is 83.1 Å². The standard InChI is InChI=1S/C13H24/c1-10(2)3-6-13(12-7-8-12)9-11-4-5-11/h10-13H,3-9H2,1-2H3. The van der Waals surface area contributed by atoms with Crippen LogP contribution in [-0.4, -0.2) is 0 Å². The van der Waals surface area contributed by atoms with Gasteiger partial charge in [0.25, 0.3) is 0 Å². The number of hydrogen-bond acceptors (Lipinski definition) is 0. The van der Waals surface area contributed by atoms with Gasteiger partial charge in [0.2, 0.25) is 0 Å². The second-order valence-corrected chi connectivity index (χ2v) is 5.75. The van der Waals surface area contributed by atoms with Gasteiger partial charge >= 0.3 is 0 Å². The zero-order chi connectivity index (χ0) is 9.26. The summed E-state index contributed by atoms with van der Waals surface area (Å²) < 4.78 is 0. The van der Waals surface area contributed by atoms with Crippen LogP contribution in [0, 0.1) is 23.7 Å². The van der Waals surface area contributed by atoms with Crippen molar-refractivity contribution < 1.29 is 0 Å².